The Labute approximate surface area is 187 Å². The first-order valence-electron chi connectivity index (χ1n) is 11.0. The van der Waals surface area contributed by atoms with Crippen LogP contribution in [-0.4, -0.2) is 54.1 Å². The highest BCUT2D eigenvalue weighted by Gasteiger charge is 2.29. The van der Waals surface area contributed by atoms with Gasteiger partial charge in [0.1, 0.15) is 0 Å². The second-order valence-electron chi connectivity index (χ2n) is 8.28. The number of likely N-dealkylation sites (tertiary alicyclic amines) is 1. The lowest BCUT2D eigenvalue weighted by molar-refractivity contribution is -0.132. The second-order valence-corrected chi connectivity index (χ2v) is 8.28. The summed E-state index contributed by atoms with van der Waals surface area (Å²) in [5, 5.41) is 15.4. The van der Waals surface area contributed by atoms with Crippen LogP contribution < -0.4 is 5.32 Å². The van der Waals surface area contributed by atoms with Crippen LogP contribution in [0.5, 0.6) is 0 Å². The van der Waals surface area contributed by atoms with Gasteiger partial charge in [-0.25, -0.2) is 4.68 Å². The maximum atomic E-state index is 12.8. The van der Waals surface area contributed by atoms with Crippen molar-refractivity contribution < 1.29 is 9.59 Å². The number of nitrogens with one attached hydrogen (secondary N) is 1. The Hall–Kier alpha value is -3.49. The maximum absolute atomic E-state index is 12.8. The predicted molar refractivity (Wildman–Crippen MR) is 119 cm³/mol. The average molecular weight is 436 g/mol. The van der Waals surface area contributed by atoms with Crippen molar-refractivity contribution in [3.05, 3.63) is 65.2 Å². The van der Waals surface area contributed by atoms with Crippen LogP contribution in [0.1, 0.15) is 46.7 Å². The average Bonchev–Trinajstić information content (AvgIpc) is 3.52. The van der Waals surface area contributed by atoms with Crippen molar-refractivity contribution >= 4 is 11.8 Å². The van der Waals surface area contributed by atoms with E-state index < -0.39 is 0 Å². The first kappa shape index (κ1) is 21.7. The Kier molecular flexibility index (Phi) is 6.63. The van der Waals surface area contributed by atoms with Gasteiger partial charge in [0.05, 0.1) is 24.5 Å². The van der Waals surface area contributed by atoms with E-state index >= 15 is 0 Å². The fraction of sp³-hybridized carbons (Fsp3) is 0.435. The minimum absolute atomic E-state index is 0.0601. The summed E-state index contributed by atoms with van der Waals surface area (Å²) in [4.78, 5) is 27.2. The highest BCUT2D eigenvalue weighted by molar-refractivity contribution is 5.91. The highest BCUT2D eigenvalue weighted by atomic mass is 16.2. The van der Waals surface area contributed by atoms with Gasteiger partial charge in [0.15, 0.2) is 5.69 Å². The second kappa shape index (κ2) is 9.76. The Balaban J connectivity index is 1.30. The molecule has 3 heterocycles. The summed E-state index contributed by atoms with van der Waals surface area (Å²) in [6.45, 7) is 6.26. The summed E-state index contributed by atoms with van der Waals surface area (Å²) < 4.78 is 3.55. The number of aryl methyl sites for hydroxylation is 3. The van der Waals surface area contributed by atoms with Crippen molar-refractivity contribution in [1.29, 1.82) is 0 Å². The third-order valence-electron chi connectivity index (χ3n) is 5.80. The van der Waals surface area contributed by atoms with Crippen molar-refractivity contribution in [2.75, 3.05) is 6.54 Å². The Morgan fingerprint density at radius 3 is 2.75 bits per heavy atom. The molecule has 1 N–H and O–H groups in total. The van der Waals surface area contributed by atoms with Gasteiger partial charge in [-0.2, -0.15) is 5.10 Å². The van der Waals surface area contributed by atoms with Gasteiger partial charge in [-0.3, -0.25) is 14.3 Å². The molecule has 0 bridgehead atoms. The molecule has 1 aliphatic heterocycles. The molecule has 2 amide bonds. The zero-order valence-electron chi connectivity index (χ0n) is 18.6. The molecule has 4 rings (SSSR count). The predicted octanol–water partition coefficient (Wildman–Crippen LogP) is 2.10. The van der Waals surface area contributed by atoms with E-state index in [0.29, 0.717) is 26.1 Å². The fourth-order valence-corrected chi connectivity index (χ4v) is 4.18. The largest absolute Gasteiger partial charge is 0.347 e. The number of aromatic nitrogens is 5. The molecule has 3 aromatic rings. The van der Waals surface area contributed by atoms with E-state index in [9.17, 15) is 9.59 Å². The maximum Gasteiger partial charge on any atom is 0.273 e. The van der Waals surface area contributed by atoms with E-state index in [1.807, 2.05) is 59.8 Å². The SMILES string of the molecule is Cc1cc(C)n(CCC(=O)N2CCC[C@H]2Cn2cc(C(=O)NCc3ccccc3)nn2)n1. The van der Waals surface area contributed by atoms with E-state index in [1.54, 1.807) is 10.9 Å². The molecule has 1 atom stereocenters. The monoisotopic (exact) mass is 435 g/mol. The minimum Gasteiger partial charge on any atom is -0.347 e. The molecule has 168 valence electrons. The van der Waals surface area contributed by atoms with Crippen LogP contribution in [0.3, 0.4) is 0 Å². The first-order valence-corrected chi connectivity index (χ1v) is 11.0. The summed E-state index contributed by atoms with van der Waals surface area (Å²) in [5.74, 6) is -0.134. The molecule has 0 saturated carbocycles. The summed E-state index contributed by atoms with van der Waals surface area (Å²) in [5.41, 5.74) is 3.33. The lowest BCUT2D eigenvalue weighted by atomic mass is 10.2. The Morgan fingerprint density at radius 2 is 2.00 bits per heavy atom. The number of nitrogens with zero attached hydrogens (tertiary/aromatic N) is 6. The molecular formula is C23H29N7O2. The molecule has 1 saturated heterocycles. The number of amides is 2. The number of carbonyl (C=O) groups excluding carboxylic acids is 2. The van der Waals surface area contributed by atoms with Crippen LogP contribution in [0.25, 0.3) is 0 Å². The van der Waals surface area contributed by atoms with Crippen LogP contribution in [0, 0.1) is 13.8 Å². The third-order valence-corrected chi connectivity index (χ3v) is 5.80. The number of carbonyl (C=O) groups is 2. The van der Waals surface area contributed by atoms with Crippen molar-refractivity contribution in [2.45, 2.75) is 58.8 Å². The van der Waals surface area contributed by atoms with E-state index in [1.165, 1.54) is 0 Å². The normalized spacial score (nSPS) is 15.8. The number of hydrogen-bond donors (Lipinski definition) is 1. The van der Waals surface area contributed by atoms with Crippen LogP contribution in [0.4, 0.5) is 0 Å². The van der Waals surface area contributed by atoms with Gasteiger partial charge in [0.2, 0.25) is 5.91 Å². The van der Waals surface area contributed by atoms with Crippen molar-refractivity contribution in [3.63, 3.8) is 0 Å². The quantitative estimate of drug-likeness (QED) is 0.584. The van der Waals surface area contributed by atoms with Gasteiger partial charge >= 0.3 is 0 Å². The van der Waals surface area contributed by atoms with Crippen LogP contribution in [-0.2, 0) is 24.4 Å². The molecule has 2 aromatic heterocycles. The highest BCUT2D eigenvalue weighted by Crippen LogP contribution is 2.20. The molecule has 9 nitrogen and oxygen atoms in total. The van der Waals surface area contributed by atoms with E-state index in [2.05, 4.69) is 20.7 Å². The van der Waals surface area contributed by atoms with Gasteiger partial charge in [0.25, 0.3) is 5.91 Å². The van der Waals surface area contributed by atoms with Crippen molar-refractivity contribution in [1.82, 2.24) is 35.0 Å². The lowest BCUT2D eigenvalue weighted by Crippen LogP contribution is -2.38. The molecule has 0 radical (unpaired) electrons. The molecule has 1 fully saturated rings. The number of hydrogen-bond acceptors (Lipinski definition) is 5. The lowest BCUT2D eigenvalue weighted by Gasteiger charge is -2.24. The summed E-state index contributed by atoms with van der Waals surface area (Å²) in [7, 11) is 0. The Bertz CT molecular complexity index is 1070. The van der Waals surface area contributed by atoms with E-state index in [-0.39, 0.29) is 23.6 Å². The molecule has 1 aliphatic rings. The number of benzene rings is 1. The number of rotatable bonds is 8. The van der Waals surface area contributed by atoms with E-state index in [4.69, 9.17) is 0 Å². The van der Waals surface area contributed by atoms with Crippen molar-refractivity contribution in [3.8, 4) is 0 Å². The molecule has 0 spiro atoms. The van der Waals surface area contributed by atoms with Gasteiger partial charge in [0, 0.05) is 31.7 Å². The van der Waals surface area contributed by atoms with Crippen LogP contribution in [0.15, 0.2) is 42.6 Å². The minimum atomic E-state index is -0.260. The molecule has 32 heavy (non-hydrogen) atoms. The zero-order chi connectivity index (χ0) is 22.5. The molecule has 1 aromatic carbocycles. The molecular weight excluding hydrogens is 406 g/mol. The first-order chi connectivity index (χ1) is 15.5. The summed E-state index contributed by atoms with van der Waals surface area (Å²) >= 11 is 0. The standard InChI is InChI=1S/C23H29N7O2/c1-17-13-18(2)30(26-17)12-10-22(31)29-11-6-9-20(29)15-28-16-21(25-27-28)23(32)24-14-19-7-4-3-5-8-19/h3-5,7-8,13,16,20H,6,9-12,14-15H2,1-2H3,(H,24,32)/t20-/m0/s1. The van der Waals surface area contributed by atoms with Crippen molar-refractivity contribution in [2.24, 2.45) is 0 Å². The molecule has 9 heteroatoms. The topological polar surface area (TPSA) is 97.9 Å². The van der Waals surface area contributed by atoms with Crippen LogP contribution >= 0.6 is 0 Å². The third kappa shape index (κ3) is 5.22. The molecule has 0 aliphatic carbocycles. The molecule has 0 unspecified atom stereocenters. The van der Waals surface area contributed by atoms with Gasteiger partial charge in [-0.05, 0) is 38.3 Å². The summed E-state index contributed by atoms with van der Waals surface area (Å²) in [6, 6.07) is 11.8. The van der Waals surface area contributed by atoms with E-state index in [0.717, 1.165) is 36.3 Å². The van der Waals surface area contributed by atoms with Gasteiger partial charge in [-0.1, -0.05) is 35.5 Å². The Morgan fingerprint density at radius 1 is 1.19 bits per heavy atom. The summed E-state index contributed by atoms with van der Waals surface area (Å²) in [6.07, 6.45) is 3.95. The fourth-order valence-electron chi connectivity index (χ4n) is 4.18. The smallest absolute Gasteiger partial charge is 0.273 e. The van der Waals surface area contributed by atoms with Gasteiger partial charge < -0.3 is 10.2 Å². The van der Waals surface area contributed by atoms with Crippen LogP contribution in [0.2, 0.25) is 0 Å². The van der Waals surface area contributed by atoms with Gasteiger partial charge in [-0.15, -0.1) is 5.10 Å². The zero-order valence-corrected chi connectivity index (χ0v) is 18.6.